The Labute approximate surface area is 217 Å². The Hall–Kier alpha value is -3.38. The summed E-state index contributed by atoms with van der Waals surface area (Å²) in [6, 6.07) is 12.4. The summed E-state index contributed by atoms with van der Waals surface area (Å²) in [7, 11) is 1.99. The van der Waals surface area contributed by atoms with Gasteiger partial charge in [0.15, 0.2) is 5.82 Å². The van der Waals surface area contributed by atoms with Crippen LogP contribution < -0.4 is 10.6 Å². The number of amides is 1. The van der Waals surface area contributed by atoms with Crippen LogP contribution in [0.15, 0.2) is 88.8 Å². The largest absolute Gasteiger partial charge is 0.394 e. The maximum absolute atomic E-state index is 9.93. The van der Waals surface area contributed by atoms with Crippen LogP contribution in [0.1, 0.15) is 65.9 Å². The van der Waals surface area contributed by atoms with Gasteiger partial charge in [-0.3, -0.25) is 9.48 Å². The predicted octanol–water partition coefficient (Wildman–Crippen LogP) is 6.37. The van der Waals surface area contributed by atoms with Gasteiger partial charge in [0, 0.05) is 30.9 Å². The third kappa shape index (κ3) is 10.5. The van der Waals surface area contributed by atoms with Crippen molar-refractivity contribution in [1.29, 1.82) is 0 Å². The van der Waals surface area contributed by atoms with Crippen LogP contribution >= 0.6 is 0 Å². The molecule has 0 spiro atoms. The number of allylic oxidation sites excluding steroid dienone is 7. The normalized spacial score (nSPS) is 13.8. The molecular formula is C30H44N4O2. The minimum Gasteiger partial charge on any atom is -0.394 e. The van der Waals surface area contributed by atoms with Crippen LogP contribution in [0.4, 0.5) is 5.82 Å². The Morgan fingerprint density at radius 2 is 1.81 bits per heavy atom. The van der Waals surface area contributed by atoms with Gasteiger partial charge in [-0.15, -0.1) is 0 Å². The van der Waals surface area contributed by atoms with Crippen LogP contribution in [0.5, 0.6) is 0 Å². The predicted molar refractivity (Wildman–Crippen MR) is 152 cm³/mol. The van der Waals surface area contributed by atoms with Crippen LogP contribution in [0.3, 0.4) is 0 Å². The molecule has 2 aromatic rings. The highest BCUT2D eigenvalue weighted by Crippen LogP contribution is 2.29. The van der Waals surface area contributed by atoms with E-state index in [9.17, 15) is 4.79 Å². The molecule has 2 rings (SSSR count). The number of hydrogen-bond donors (Lipinski definition) is 3. The molecule has 36 heavy (non-hydrogen) atoms. The topological polar surface area (TPSA) is 79.2 Å². The number of aromatic nitrogens is 2. The lowest BCUT2D eigenvalue weighted by Gasteiger charge is -2.18. The Balaban J connectivity index is 0.000000488. The second-order valence-corrected chi connectivity index (χ2v) is 8.66. The van der Waals surface area contributed by atoms with Crippen LogP contribution in [-0.4, -0.2) is 35.0 Å². The number of carbonyl (C=O) groups is 1. The van der Waals surface area contributed by atoms with Crippen molar-refractivity contribution in [3.8, 4) is 0 Å². The van der Waals surface area contributed by atoms with Crippen LogP contribution in [0.2, 0.25) is 0 Å². The minimum absolute atomic E-state index is 0.0439. The fourth-order valence-electron chi connectivity index (χ4n) is 3.84. The fourth-order valence-corrected chi connectivity index (χ4v) is 3.84. The van der Waals surface area contributed by atoms with E-state index in [-0.39, 0.29) is 6.61 Å². The molecule has 1 aromatic carbocycles. The van der Waals surface area contributed by atoms with E-state index in [1.807, 2.05) is 7.05 Å². The van der Waals surface area contributed by atoms with Gasteiger partial charge in [-0.05, 0) is 50.3 Å². The van der Waals surface area contributed by atoms with Crippen molar-refractivity contribution in [1.82, 2.24) is 15.1 Å². The average Bonchev–Trinajstić information content (AvgIpc) is 3.33. The second-order valence-electron chi connectivity index (χ2n) is 8.66. The Morgan fingerprint density at radius 1 is 1.11 bits per heavy atom. The van der Waals surface area contributed by atoms with Gasteiger partial charge in [-0.2, -0.15) is 5.10 Å². The van der Waals surface area contributed by atoms with Crippen molar-refractivity contribution in [2.24, 2.45) is 0 Å². The first-order valence-electron chi connectivity index (χ1n) is 12.6. The molecule has 1 heterocycles. The van der Waals surface area contributed by atoms with Crippen molar-refractivity contribution in [3.05, 3.63) is 94.4 Å². The number of hydrogen-bond acceptors (Lipinski definition) is 4. The molecule has 0 radical (unpaired) electrons. The number of anilines is 1. The van der Waals surface area contributed by atoms with E-state index >= 15 is 0 Å². The second kappa shape index (κ2) is 17.1. The monoisotopic (exact) mass is 492 g/mol. The standard InChI is InChI=1S/C24H35N.C6H9N3O2/c1-8-13-24(25-7)20(5)16-18(3)17-23(19(4)9-2)21(6)22-14-11-10-12-15-22;10-4-3-9-2-1-6(8-9)7-5-11/h10-17,21,25H,8-9H2,1-7H3;1-2,5,10H,3-4H2,(H,7,8,11)/b18-17-,20-16+,23-19?,24-13-;. The van der Waals surface area contributed by atoms with Gasteiger partial charge in [0.25, 0.3) is 0 Å². The SMILES string of the molecule is CC/C=C(NC)/C(C)=C/C(C)=C\C(=C(C)CC)C(C)c1ccccc1.O=CNc1ccn(CCO)n1. The molecular weight excluding hydrogens is 448 g/mol. The van der Waals surface area contributed by atoms with Gasteiger partial charge < -0.3 is 15.7 Å². The van der Waals surface area contributed by atoms with E-state index in [0.29, 0.717) is 24.7 Å². The summed E-state index contributed by atoms with van der Waals surface area (Å²) < 4.78 is 1.55. The smallest absolute Gasteiger partial charge is 0.212 e. The number of nitrogens with one attached hydrogen (secondary N) is 2. The molecule has 0 bridgehead atoms. The molecule has 3 N–H and O–H groups in total. The summed E-state index contributed by atoms with van der Waals surface area (Å²) in [6.07, 6.45) is 11.2. The van der Waals surface area contributed by atoms with Gasteiger partial charge in [0.1, 0.15) is 0 Å². The molecule has 0 fully saturated rings. The molecule has 0 aliphatic carbocycles. The molecule has 1 unspecified atom stereocenters. The lowest BCUT2D eigenvalue weighted by molar-refractivity contribution is -0.105. The van der Waals surface area contributed by atoms with Gasteiger partial charge in [-0.25, -0.2) is 0 Å². The lowest BCUT2D eigenvalue weighted by atomic mass is 9.87. The van der Waals surface area contributed by atoms with Crippen molar-refractivity contribution in [2.75, 3.05) is 19.0 Å². The quantitative estimate of drug-likeness (QED) is 0.238. The minimum atomic E-state index is 0.0439. The van der Waals surface area contributed by atoms with E-state index in [1.54, 1.807) is 16.9 Å². The number of carbonyl (C=O) groups excluding carboxylic acids is 1. The summed E-state index contributed by atoms with van der Waals surface area (Å²) in [6.45, 7) is 13.8. The zero-order valence-electron chi connectivity index (χ0n) is 23.0. The Morgan fingerprint density at radius 3 is 2.36 bits per heavy atom. The third-order valence-electron chi connectivity index (χ3n) is 5.90. The van der Waals surface area contributed by atoms with Crippen LogP contribution in [0.25, 0.3) is 0 Å². The first-order chi connectivity index (χ1) is 17.3. The Kier molecular flexibility index (Phi) is 14.6. The van der Waals surface area contributed by atoms with Crippen molar-refractivity contribution in [3.63, 3.8) is 0 Å². The van der Waals surface area contributed by atoms with Gasteiger partial charge >= 0.3 is 0 Å². The summed E-state index contributed by atoms with van der Waals surface area (Å²) in [5, 5.41) is 18.1. The molecule has 6 heteroatoms. The summed E-state index contributed by atoms with van der Waals surface area (Å²) in [5.41, 5.74) is 8.04. The van der Waals surface area contributed by atoms with E-state index in [2.05, 4.69) is 106 Å². The number of aliphatic hydroxyl groups is 1. The number of likely N-dealkylation sites (N-methyl/N-ethyl adjacent to an activating group) is 1. The molecule has 1 aromatic heterocycles. The zero-order valence-corrected chi connectivity index (χ0v) is 23.0. The average molecular weight is 493 g/mol. The first-order valence-corrected chi connectivity index (χ1v) is 12.6. The highest BCUT2D eigenvalue weighted by molar-refractivity contribution is 5.68. The number of nitrogens with zero attached hydrogens (tertiary/aromatic N) is 2. The number of benzene rings is 1. The molecule has 1 amide bonds. The van der Waals surface area contributed by atoms with Crippen molar-refractivity contribution in [2.45, 2.75) is 66.8 Å². The molecule has 0 aliphatic rings. The van der Waals surface area contributed by atoms with E-state index < -0.39 is 0 Å². The van der Waals surface area contributed by atoms with Gasteiger partial charge in [0.2, 0.25) is 6.41 Å². The van der Waals surface area contributed by atoms with Gasteiger partial charge in [-0.1, -0.05) is 80.5 Å². The summed E-state index contributed by atoms with van der Waals surface area (Å²) >= 11 is 0. The highest BCUT2D eigenvalue weighted by atomic mass is 16.3. The first kappa shape index (κ1) is 30.7. The number of aliphatic hydroxyl groups excluding tert-OH is 1. The summed E-state index contributed by atoms with van der Waals surface area (Å²) in [5.74, 6) is 0.896. The molecule has 196 valence electrons. The molecule has 6 nitrogen and oxygen atoms in total. The lowest BCUT2D eigenvalue weighted by Crippen LogP contribution is -2.07. The van der Waals surface area contributed by atoms with Crippen molar-refractivity contribution >= 4 is 12.2 Å². The third-order valence-corrected chi connectivity index (χ3v) is 5.90. The molecule has 0 aliphatic heterocycles. The molecule has 0 saturated carbocycles. The highest BCUT2D eigenvalue weighted by Gasteiger charge is 2.12. The fraction of sp³-hybridized carbons (Fsp3) is 0.400. The van der Waals surface area contributed by atoms with E-state index in [4.69, 9.17) is 5.11 Å². The van der Waals surface area contributed by atoms with Gasteiger partial charge in [0.05, 0.1) is 13.2 Å². The maximum Gasteiger partial charge on any atom is 0.212 e. The molecule has 0 saturated heterocycles. The van der Waals surface area contributed by atoms with E-state index in [1.165, 1.54) is 33.6 Å². The van der Waals surface area contributed by atoms with Crippen LogP contribution in [0, 0.1) is 0 Å². The zero-order chi connectivity index (χ0) is 26.9. The Bertz CT molecular complexity index is 1050. The molecule has 1 atom stereocenters. The van der Waals surface area contributed by atoms with Crippen LogP contribution in [-0.2, 0) is 11.3 Å². The maximum atomic E-state index is 9.93. The summed E-state index contributed by atoms with van der Waals surface area (Å²) in [4.78, 5) is 9.93. The van der Waals surface area contributed by atoms with E-state index in [0.717, 1.165) is 12.8 Å². The number of rotatable bonds is 12. The van der Waals surface area contributed by atoms with Crippen molar-refractivity contribution < 1.29 is 9.90 Å².